The van der Waals surface area contributed by atoms with Gasteiger partial charge >= 0.3 is 18.9 Å². The average molecular weight is 440 g/mol. The quantitative estimate of drug-likeness (QED) is 0.439. The van der Waals surface area contributed by atoms with E-state index in [1.165, 1.54) is 44.2 Å². The molecule has 2 fully saturated rings. The van der Waals surface area contributed by atoms with Crippen molar-refractivity contribution in [1.29, 1.82) is 0 Å². The predicted molar refractivity (Wildman–Crippen MR) is 138 cm³/mol. The van der Waals surface area contributed by atoms with E-state index < -0.39 is 0 Å². The van der Waals surface area contributed by atoms with Crippen LogP contribution in [0.4, 0.5) is 0 Å². The minimum atomic E-state index is -0.122. The van der Waals surface area contributed by atoms with Gasteiger partial charge in [-0.25, -0.2) is 4.99 Å². The Morgan fingerprint density at radius 1 is 0.688 bits per heavy atom. The fraction of sp³-hybridized carbons (Fsp3) is 0.966. The van der Waals surface area contributed by atoms with Crippen LogP contribution in [-0.2, 0) is 0 Å². The molecule has 0 aliphatic heterocycles. The first-order valence-electron chi connectivity index (χ1n) is 13.7. The third-order valence-electron chi connectivity index (χ3n) is 9.15. The maximum atomic E-state index is 5.68. The molecule has 2 nitrogen and oxygen atoms in total. The van der Waals surface area contributed by atoms with Crippen LogP contribution in [0.15, 0.2) is 0 Å². The topological polar surface area (TPSA) is 28.1 Å². The van der Waals surface area contributed by atoms with Crippen molar-refractivity contribution in [3.05, 3.63) is 5.32 Å². The van der Waals surface area contributed by atoms with Gasteiger partial charge in [0.25, 0.3) is 0 Å². The van der Waals surface area contributed by atoms with Gasteiger partial charge in [-0.1, -0.05) is 107 Å². The van der Waals surface area contributed by atoms with Gasteiger partial charge in [-0.3, -0.25) is 0 Å². The zero-order valence-corrected chi connectivity index (χ0v) is 24.0. The van der Waals surface area contributed by atoms with Crippen LogP contribution in [0.3, 0.4) is 0 Å². The first kappa shape index (κ1) is 30.3. The van der Waals surface area contributed by atoms with Crippen molar-refractivity contribution in [2.75, 3.05) is 0 Å². The van der Waals surface area contributed by atoms with E-state index in [0.29, 0.717) is 23.9 Å². The van der Waals surface area contributed by atoms with Gasteiger partial charge in [0, 0.05) is 18.8 Å². The standard InChI is InChI=1S/C29H55N2.Li/c1-18(2)23-14-12-15-24(19(3)4)27(23)30-22(9)29(10,11)31-28-25(20(5)6)16-13-17-26(28)21(7)8;/h18-21,23-28H,12-17H2,1-11H3;/q-1;+1/p+1. The van der Waals surface area contributed by atoms with Crippen molar-refractivity contribution in [3.63, 3.8) is 0 Å². The molecule has 0 aromatic carbocycles. The minimum absolute atomic E-state index is 0. The monoisotopic (exact) mass is 439 g/mol. The molecular formula is C29H56LiN2+. The maximum absolute atomic E-state index is 5.68. The van der Waals surface area contributed by atoms with Crippen molar-refractivity contribution in [3.8, 4) is 0 Å². The average Bonchev–Trinajstić information content (AvgIpc) is 2.67. The fourth-order valence-corrected chi connectivity index (χ4v) is 6.77. The van der Waals surface area contributed by atoms with E-state index in [9.17, 15) is 0 Å². The first-order valence-corrected chi connectivity index (χ1v) is 13.7. The maximum Gasteiger partial charge on any atom is 1.00 e. The third-order valence-corrected chi connectivity index (χ3v) is 9.15. The summed E-state index contributed by atoms with van der Waals surface area (Å²) in [5.41, 5.74) is 1.27. The van der Waals surface area contributed by atoms with E-state index in [1.807, 2.05) is 0 Å². The van der Waals surface area contributed by atoms with Gasteiger partial charge in [0.1, 0.15) is 5.71 Å². The predicted octanol–water partition coefficient (Wildman–Crippen LogP) is 3.88. The Hall–Kier alpha value is 0.227. The molecule has 2 aliphatic carbocycles. The van der Waals surface area contributed by atoms with Gasteiger partial charge in [0.05, 0.1) is 0 Å². The summed E-state index contributed by atoms with van der Waals surface area (Å²) in [6.07, 6.45) is 8.22. The third kappa shape index (κ3) is 7.36. The molecule has 1 N–H and O–H groups in total. The minimum Gasteiger partial charge on any atom is -0.645 e. The smallest absolute Gasteiger partial charge is 0.645 e. The Kier molecular flexibility index (Phi) is 12.1. The molecule has 4 unspecified atom stereocenters. The van der Waals surface area contributed by atoms with Gasteiger partial charge < -0.3 is 5.32 Å². The normalized spacial score (nSPS) is 32.7. The second-order valence-electron chi connectivity index (χ2n) is 13.0. The number of hydrogen-bond donors (Lipinski definition) is 1. The molecule has 3 heteroatoms. The van der Waals surface area contributed by atoms with Gasteiger partial charge in [-0.2, -0.15) is 0 Å². The van der Waals surface area contributed by atoms with E-state index in [4.69, 9.17) is 5.32 Å². The van der Waals surface area contributed by atoms with Gasteiger partial charge in [0.15, 0.2) is 6.04 Å². The van der Waals surface area contributed by atoms with Crippen molar-refractivity contribution >= 4 is 5.71 Å². The van der Waals surface area contributed by atoms with E-state index >= 15 is 0 Å². The summed E-state index contributed by atoms with van der Waals surface area (Å²) in [5, 5.41) is 5.68. The van der Waals surface area contributed by atoms with Crippen molar-refractivity contribution in [2.24, 2.45) is 47.3 Å². The summed E-state index contributed by atoms with van der Waals surface area (Å²) in [4.78, 5) is 4.12. The number of rotatable bonds is 8. The first-order chi connectivity index (χ1) is 14.4. The van der Waals surface area contributed by atoms with Crippen LogP contribution in [0.2, 0.25) is 0 Å². The second kappa shape index (κ2) is 12.8. The Morgan fingerprint density at radius 2 is 1.03 bits per heavy atom. The van der Waals surface area contributed by atoms with Crippen LogP contribution in [0.1, 0.15) is 115 Å². The van der Waals surface area contributed by atoms with Crippen molar-refractivity contribution < 1.29 is 23.9 Å². The summed E-state index contributed by atoms with van der Waals surface area (Å²) in [6, 6.07) is 1.09. The largest absolute Gasteiger partial charge is 1.00 e. The van der Waals surface area contributed by atoms with Gasteiger partial charge in [-0.15, -0.1) is 6.04 Å². The Balaban J connectivity index is 0.00000512. The van der Waals surface area contributed by atoms with Crippen LogP contribution in [-0.4, -0.2) is 23.3 Å². The molecule has 0 aromatic rings. The molecular weight excluding hydrogens is 383 g/mol. The summed E-state index contributed by atoms with van der Waals surface area (Å²) in [7, 11) is 0. The second-order valence-corrected chi connectivity index (χ2v) is 13.0. The Morgan fingerprint density at radius 3 is 1.38 bits per heavy atom. The van der Waals surface area contributed by atoms with Crippen molar-refractivity contribution in [1.82, 2.24) is 0 Å². The van der Waals surface area contributed by atoms with E-state index in [1.54, 1.807) is 0 Å². The van der Waals surface area contributed by atoms with Crippen LogP contribution >= 0.6 is 0 Å². The number of nitrogens with zero attached hydrogens (tertiary/aromatic N) is 1. The molecule has 2 saturated carbocycles. The summed E-state index contributed by atoms with van der Waals surface area (Å²) >= 11 is 0. The fourth-order valence-electron chi connectivity index (χ4n) is 6.77. The Bertz CT molecular complexity index is 546. The van der Waals surface area contributed by atoms with Crippen LogP contribution in [0.25, 0.3) is 5.32 Å². The van der Waals surface area contributed by atoms with Gasteiger partial charge in [-0.05, 0) is 42.1 Å². The molecule has 2 aliphatic rings. The summed E-state index contributed by atoms with van der Waals surface area (Å²) < 4.78 is 0. The molecule has 0 spiro atoms. The zero-order chi connectivity index (χ0) is 23.5. The Labute approximate surface area is 214 Å². The van der Waals surface area contributed by atoms with E-state index in [-0.39, 0.29) is 24.4 Å². The molecule has 4 atom stereocenters. The van der Waals surface area contributed by atoms with Gasteiger partial charge in [0.2, 0.25) is 0 Å². The molecule has 0 saturated heterocycles. The van der Waals surface area contributed by atoms with E-state index in [0.717, 1.165) is 35.5 Å². The molecule has 0 heterocycles. The zero-order valence-electron chi connectivity index (χ0n) is 24.0. The number of nitrogens with one attached hydrogen (secondary N) is 1. The summed E-state index contributed by atoms with van der Waals surface area (Å²) in [5.74, 6) is 5.91. The SMILES string of the molecule is CC(=[NH+]C1C(C(C)C)CCCC1C(C)C)C(C)(C)[N-]C1C(C(C)C)CCCC1C(C)C.[Li+]. The molecule has 2 rings (SSSR count). The number of hydrogen-bond acceptors (Lipinski definition) is 0. The molecule has 32 heavy (non-hydrogen) atoms. The van der Waals surface area contributed by atoms with Crippen LogP contribution in [0.5, 0.6) is 0 Å². The van der Waals surface area contributed by atoms with Crippen molar-refractivity contribution in [2.45, 2.75) is 132 Å². The van der Waals surface area contributed by atoms with Crippen LogP contribution < -0.4 is 23.9 Å². The molecule has 0 aromatic heterocycles. The van der Waals surface area contributed by atoms with Crippen LogP contribution in [0, 0.1) is 47.3 Å². The van der Waals surface area contributed by atoms with E-state index in [2.05, 4.69) is 81.2 Å². The molecule has 182 valence electrons. The molecule has 0 radical (unpaired) electrons. The molecule has 0 amide bonds. The summed E-state index contributed by atoms with van der Waals surface area (Å²) in [6.45, 7) is 26.5. The molecule has 0 bridgehead atoms.